The molecule has 0 unspecified atom stereocenters. The van der Waals surface area contributed by atoms with Crippen molar-refractivity contribution in [1.29, 1.82) is 0 Å². The highest BCUT2D eigenvalue weighted by molar-refractivity contribution is 5.92. The number of ether oxygens (including phenoxy) is 2. The third kappa shape index (κ3) is 33.6. The summed E-state index contributed by atoms with van der Waals surface area (Å²) in [7, 11) is 0. The second kappa shape index (κ2) is 49.9. The molecule has 0 bridgehead atoms. The molecule has 12 heteroatoms. The Hall–Kier alpha value is -7.47. The molecule has 1 N–H and O–H groups in total. The molecule has 0 fully saturated rings. The maximum Gasteiger partial charge on any atom is 0.343 e. The molecule has 0 aliphatic carbocycles. The predicted molar refractivity (Wildman–Crippen MR) is 395 cm³/mol. The summed E-state index contributed by atoms with van der Waals surface area (Å²) in [6, 6.07) is 31.0. The quantitative estimate of drug-likeness (QED) is 0.0223. The van der Waals surface area contributed by atoms with Crippen molar-refractivity contribution in [3.63, 3.8) is 0 Å². The van der Waals surface area contributed by atoms with Gasteiger partial charge < -0.3 is 14.6 Å². The third-order valence-electron chi connectivity index (χ3n) is 17.9. The maximum absolute atomic E-state index is 14.9. The van der Waals surface area contributed by atoms with E-state index in [1.165, 1.54) is 221 Å². The van der Waals surface area contributed by atoms with Crippen LogP contribution in [0.4, 0.5) is 8.78 Å². The van der Waals surface area contributed by atoms with E-state index in [2.05, 4.69) is 54.6 Å². The third-order valence-corrected chi connectivity index (χ3v) is 17.9. The van der Waals surface area contributed by atoms with E-state index in [1.54, 1.807) is 85.5 Å². The molecule has 0 amide bonds. The van der Waals surface area contributed by atoms with E-state index in [-0.39, 0.29) is 22.6 Å². The van der Waals surface area contributed by atoms with E-state index >= 15 is 0 Å². The summed E-state index contributed by atoms with van der Waals surface area (Å²) < 4.78 is 40.6. The number of benzene rings is 5. The Morgan fingerprint density at radius 3 is 0.794 bits per heavy atom. The number of esters is 2. The number of carbonyl (C=O) groups excluding carboxylic acids is 2. The van der Waals surface area contributed by atoms with Crippen molar-refractivity contribution in [3.8, 4) is 34.3 Å². The number of rotatable bonds is 46. The molecule has 0 atom stereocenters. The zero-order chi connectivity index (χ0) is 69.3. The number of carboxylic acid groups (broad SMARTS) is 1. The lowest BCUT2D eigenvalue weighted by Gasteiger charge is -2.08. The van der Waals surface area contributed by atoms with Gasteiger partial charge in [-0.05, 0) is 153 Å². The number of aromatic nitrogens is 4. The number of aromatic carboxylic acids is 1. The smallest absolute Gasteiger partial charge is 0.343 e. The monoisotopic (exact) mass is 1330 g/mol. The summed E-state index contributed by atoms with van der Waals surface area (Å²) in [5.41, 5.74) is 7.66. The fourth-order valence-electron chi connectivity index (χ4n) is 11.7. The molecule has 0 saturated carbocycles. The van der Waals surface area contributed by atoms with Gasteiger partial charge in [0.2, 0.25) is 0 Å². The lowest BCUT2D eigenvalue weighted by molar-refractivity contribution is 0.0692. The maximum atomic E-state index is 14.9. The average Bonchev–Trinajstić information content (AvgIpc) is 0.887. The number of nitrogens with zero attached hydrogens (tertiary/aromatic N) is 4. The summed E-state index contributed by atoms with van der Waals surface area (Å²) >= 11 is 0. The zero-order valence-corrected chi connectivity index (χ0v) is 59.8. The lowest BCUT2D eigenvalue weighted by atomic mass is 10.0. The number of unbranched alkanes of at least 4 members (excludes halogenated alkanes) is 29. The number of carbonyl (C=O) groups is 3. The molecule has 7 rings (SSSR count). The van der Waals surface area contributed by atoms with E-state index in [0.29, 0.717) is 28.3 Å². The Bertz CT molecular complexity index is 3230. The van der Waals surface area contributed by atoms with Crippen LogP contribution in [0, 0.1) is 11.6 Å². The van der Waals surface area contributed by atoms with Crippen molar-refractivity contribution in [2.24, 2.45) is 0 Å². The van der Waals surface area contributed by atoms with Crippen molar-refractivity contribution < 1.29 is 37.7 Å². The van der Waals surface area contributed by atoms with Gasteiger partial charge in [-0.25, -0.2) is 43.1 Å². The molecule has 0 saturated heterocycles. The summed E-state index contributed by atoms with van der Waals surface area (Å²) in [6.45, 7) is 11.2. The minimum Gasteiger partial charge on any atom is -0.478 e. The van der Waals surface area contributed by atoms with Gasteiger partial charge in [0, 0.05) is 36.9 Å². The first-order valence-corrected chi connectivity index (χ1v) is 37.6. The van der Waals surface area contributed by atoms with Crippen molar-refractivity contribution >= 4 is 17.9 Å². The molecule has 2 heterocycles. The van der Waals surface area contributed by atoms with Gasteiger partial charge in [0.15, 0.2) is 11.6 Å². The molecule has 5 aromatic carbocycles. The van der Waals surface area contributed by atoms with E-state index in [0.717, 1.165) is 68.9 Å². The van der Waals surface area contributed by atoms with E-state index in [1.807, 2.05) is 36.4 Å². The largest absolute Gasteiger partial charge is 0.478 e. The van der Waals surface area contributed by atoms with Gasteiger partial charge in [0.25, 0.3) is 0 Å². The molecule has 0 spiro atoms. The molecule has 0 aliphatic rings. The second-order valence-electron chi connectivity index (χ2n) is 26.3. The SMILES string of the molecule is CCCCCCCCCc1ccc(C(=O)O)cc1.CCCCCCCCCc1ccc(C(=O)Oc2ccc(-c3ncc(CCCCCCCC)cn3)c(F)c2)cc1.CCCCCCCCCc1ccc(C(=O)Oc2ccc(-c3ncc(CCCCCCCCC)cn3)c(F)c2)cc1. The van der Waals surface area contributed by atoms with Gasteiger partial charge in [0.1, 0.15) is 23.1 Å². The van der Waals surface area contributed by atoms with Gasteiger partial charge in [-0.1, -0.05) is 257 Å². The van der Waals surface area contributed by atoms with Crippen LogP contribution < -0.4 is 9.47 Å². The fraction of sp³-hybridized carbons (Fsp3) is 0.518. The first-order valence-electron chi connectivity index (χ1n) is 37.6. The molecule has 0 radical (unpaired) electrons. The Labute approximate surface area is 582 Å². The highest BCUT2D eigenvalue weighted by atomic mass is 19.1. The normalized spacial score (nSPS) is 11.0. The minimum absolute atomic E-state index is 0.160. The van der Waals surface area contributed by atoms with E-state index in [9.17, 15) is 23.2 Å². The van der Waals surface area contributed by atoms with Gasteiger partial charge in [-0.15, -0.1) is 0 Å². The summed E-state index contributed by atoms with van der Waals surface area (Å²) in [6.07, 6.45) is 55.4. The molecule has 2 aromatic heterocycles. The number of carboxylic acids is 1. The van der Waals surface area contributed by atoms with Crippen molar-refractivity contribution in [2.75, 3.05) is 0 Å². The first-order chi connectivity index (χ1) is 47.4. The van der Waals surface area contributed by atoms with Crippen LogP contribution in [-0.4, -0.2) is 43.0 Å². The van der Waals surface area contributed by atoms with Crippen LogP contribution in [0.5, 0.6) is 11.5 Å². The molecule has 526 valence electrons. The Morgan fingerprint density at radius 1 is 0.309 bits per heavy atom. The second-order valence-corrected chi connectivity index (χ2v) is 26.3. The van der Waals surface area contributed by atoms with Gasteiger partial charge >= 0.3 is 17.9 Å². The Balaban J connectivity index is 0.000000281. The van der Waals surface area contributed by atoms with Crippen LogP contribution >= 0.6 is 0 Å². The predicted octanol–water partition coefficient (Wildman–Crippen LogP) is 24.5. The van der Waals surface area contributed by atoms with Crippen molar-refractivity contribution in [3.05, 3.63) is 190 Å². The first kappa shape index (κ1) is 80.2. The highest BCUT2D eigenvalue weighted by Crippen LogP contribution is 2.27. The topological polar surface area (TPSA) is 141 Å². The molecule has 7 aromatic rings. The molecular weight excluding hydrogens is 1210 g/mol. The molecule has 97 heavy (non-hydrogen) atoms. The van der Waals surface area contributed by atoms with Gasteiger partial charge in [-0.2, -0.15) is 0 Å². The molecule has 0 aliphatic heterocycles. The Morgan fingerprint density at radius 2 is 0.546 bits per heavy atom. The molecule has 10 nitrogen and oxygen atoms in total. The fourth-order valence-corrected chi connectivity index (χ4v) is 11.7. The Kier molecular flexibility index (Phi) is 41.3. The van der Waals surface area contributed by atoms with Crippen LogP contribution in [0.3, 0.4) is 0 Å². The summed E-state index contributed by atoms with van der Waals surface area (Å²) in [5, 5.41) is 8.79. The van der Waals surface area contributed by atoms with E-state index in [4.69, 9.17) is 14.6 Å². The van der Waals surface area contributed by atoms with Gasteiger partial charge in [-0.3, -0.25) is 0 Å². The number of halogens is 2. The van der Waals surface area contributed by atoms with Gasteiger partial charge in [0.05, 0.1) is 27.8 Å². The van der Waals surface area contributed by atoms with Crippen LogP contribution in [0.25, 0.3) is 22.8 Å². The zero-order valence-electron chi connectivity index (χ0n) is 59.8. The average molecular weight is 1330 g/mol. The van der Waals surface area contributed by atoms with E-state index < -0.39 is 29.5 Å². The number of aryl methyl sites for hydroxylation is 5. The standard InChI is InChI=1S/C35H47FN2O2.C34H45FN2O2.C16H24O2/c1-3-5-7-9-11-13-15-17-28-19-21-30(22-20-28)35(39)40-31-23-24-32(33(36)25-31)34-37-26-29(27-38-34)18-16-14-12-10-8-6-4-2;1-3-5-7-9-11-13-14-16-27-18-20-29(21-19-27)34(38)39-30-22-23-31(32(35)24-30)33-36-25-28(26-37-33)17-15-12-10-8-6-4-2;1-2-3-4-5-6-7-8-9-14-10-12-15(13-11-14)16(17)18/h19-27H,3-18H2,1-2H3;18-26H,3-17H2,1-2H3;10-13H,2-9H2,1H3,(H,17,18). The van der Waals surface area contributed by atoms with Crippen LogP contribution in [0.1, 0.15) is 312 Å². The summed E-state index contributed by atoms with van der Waals surface area (Å²) in [5.74, 6) is -1.91. The number of hydrogen-bond donors (Lipinski definition) is 1. The lowest BCUT2D eigenvalue weighted by Crippen LogP contribution is -2.09. The molecular formula is C85H116F2N4O6. The van der Waals surface area contributed by atoms with Crippen molar-refractivity contribution in [2.45, 2.75) is 285 Å². The highest BCUT2D eigenvalue weighted by Gasteiger charge is 2.16. The van der Waals surface area contributed by atoms with Crippen LogP contribution in [0.2, 0.25) is 0 Å². The number of hydrogen-bond acceptors (Lipinski definition) is 9. The van der Waals surface area contributed by atoms with Crippen LogP contribution in [-0.2, 0) is 32.1 Å². The minimum atomic E-state index is -0.850. The van der Waals surface area contributed by atoms with Crippen LogP contribution in [0.15, 0.2) is 134 Å². The van der Waals surface area contributed by atoms with Crippen molar-refractivity contribution in [1.82, 2.24) is 19.9 Å². The summed E-state index contributed by atoms with van der Waals surface area (Å²) in [4.78, 5) is 53.4.